The molecule has 0 aliphatic carbocycles. The van der Waals surface area contributed by atoms with Crippen molar-refractivity contribution < 1.29 is 9.59 Å². The zero-order valence-electron chi connectivity index (χ0n) is 14.9. The second kappa shape index (κ2) is 9.11. The summed E-state index contributed by atoms with van der Waals surface area (Å²) in [5, 5.41) is 4.15. The minimum Gasteiger partial charge on any atom is -0.343 e. The van der Waals surface area contributed by atoms with Crippen LogP contribution < -0.4 is 0 Å². The van der Waals surface area contributed by atoms with Crippen LogP contribution in [0.2, 0.25) is 0 Å². The third-order valence-corrected chi connectivity index (χ3v) is 5.49. The first-order chi connectivity index (χ1) is 11.5. The molecule has 0 radical (unpaired) electrons. The molecule has 24 heavy (non-hydrogen) atoms. The Kier molecular flexibility index (Phi) is 7.15. The molecule has 0 atom stereocenters. The number of hydrogen-bond donors (Lipinski definition) is 0. The second-order valence-corrected chi connectivity index (χ2v) is 7.62. The summed E-state index contributed by atoms with van der Waals surface area (Å²) in [4.78, 5) is 28.3. The molecular weight excluding hydrogens is 324 g/mol. The van der Waals surface area contributed by atoms with Crippen molar-refractivity contribution >= 4 is 23.6 Å². The molecule has 2 heterocycles. The number of aryl methyl sites for hydroxylation is 1. The summed E-state index contributed by atoms with van der Waals surface area (Å²) in [7, 11) is 1.86. The van der Waals surface area contributed by atoms with E-state index in [4.69, 9.17) is 0 Å². The minimum absolute atomic E-state index is 0.0638. The van der Waals surface area contributed by atoms with Crippen LogP contribution >= 0.6 is 11.8 Å². The lowest BCUT2D eigenvalue weighted by Gasteiger charge is -2.34. The Morgan fingerprint density at radius 1 is 1.33 bits per heavy atom. The molecule has 0 aromatic carbocycles. The third kappa shape index (κ3) is 5.26. The van der Waals surface area contributed by atoms with E-state index in [9.17, 15) is 9.59 Å². The number of amides is 2. The topological polar surface area (TPSA) is 58.4 Å². The Balaban J connectivity index is 1.66. The fourth-order valence-electron chi connectivity index (χ4n) is 2.76. The number of rotatable bonds is 7. The molecule has 1 aromatic rings. The van der Waals surface area contributed by atoms with Crippen molar-refractivity contribution in [3.8, 4) is 0 Å². The molecule has 1 aliphatic rings. The monoisotopic (exact) mass is 352 g/mol. The van der Waals surface area contributed by atoms with E-state index >= 15 is 0 Å². The molecule has 2 amide bonds. The molecule has 0 saturated carbocycles. The Labute approximate surface area is 148 Å². The van der Waals surface area contributed by atoms with E-state index in [1.807, 2.05) is 47.6 Å². The number of nitrogens with zero attached hydrogens (tertiary/aromatic N) is 4. The number of carbonyl (C=O) groups is 2. The number of piperidine rings is 1. The van der Waals surface area contributed by atoms with E-state index in [1.54, 1.807) is 18.0 Å². The van der Waals surface area contributed by atoms with Crippen molar-refractivity contribution in [1.29, 1.82) is 0 Å². The molecule has 0 bridgehead atoms. The number of likely N-dealkylation sites (tertiary alicyclic amines) is 1. The van der Waals surface area contributed by atoms with Crippen LogP contribution in [0.4, 0.5) is 0 Å². The molecule has 2 rings (SSSR count). The van der Waals surface area contributed by atoms with Crippen molar-refractivity contribution in [3.05, 3.63) is 18.5 Å². The second-order valence-electron chi connectivity index (χ2n) is 6.52. The Bertz CT molecular complexity index is 525. The van der Waals surface area contributed by atoms with E-state index in [1.165, 1.54) is 0 Å². The van der Waals surface area contributed by atoms with Crippen LogP contribution in [-0.2, 0) is 16.1 Å². The first-order valence-electron chi connectivity index (χ1n) is 8.58. The van der Waals surface area contributed by atoms with Gasteiger partial charge < -0.3 is 9.80 Å². The van der Waals surface area contributed by atoms with Crippen molar-refractivity contribution in [2.24, 2.45) is 5.92 Å². The Morgan fingerprint density at radius 3 is 2.62 bits per heavy atom. The first-order valence-corrected chi connectivity index (χ1v) is 9.74. The lowest BCUT2D eigenvalue weighted by Crippen LogP contribution is -2.45. The van der Waals surface area contributed by atoms with Gasteiger partial charge in [-0.1, -0.05) is 0 Å². The molecular formula is C17H28N4O2S. The highest BCUT2D eigenvalue weighted by molar-refractivity contribution is 7.99. The van der Waals surface area contributed by atoms with Crippen molar-refractivity contribution in [2.45, 2.75) is 39.3 Å². The smallest absolute Gasteiger partial charge is 0.232 e. The molecule has 1 fully saturated rings. The van der Waals surface area contributed by atoms with E-state index in [0.717, 1.165) is 25.1 Å². The van der Waals surface area contributed by atoms with Crippen LogP contribution in [0.3, 0.4) is 0 Å². The third-order valence-electron chi connectivity index (χ3n) is 4.57. The zero-order chi connectivity index (χ0) is 17.5. The maximum absolute atomic E-state index is 12.3. The largest absolute Gasteiger partial charge is 0.343 e. The molecule has 7 heteroatoms. The molecule has 0 spiro atoms. The van der Waals surface area contributed by atoms with Crippen molar-refractivity contribution in [3.63, 3.8) is 0 Å². The molecule has 134 valence electrons. The summed E-state index contributed by atoms with van der Waals surface area (Å²) in [6, 6.07) is 2.13. The number of aromatic nitrogens is 2. The highest BCUT2D eigenvalue weighted by Crippen LogP contribution is 2.21. The van der Waals surface area contributed by atoms with Gasteiger partial charge in [-0.15, -0.1) is 0 Å². The van der Waals surface area contributed by atoms with Crippen LogP contribution in [0.1, 0.15) is 26.7 Å². The minimum atomic E-state index is 0.0638. The molecule has 6 nitrogen and oxygen atoms in total. The predicted molar refractivity (Wildman–Crippen MR) is 96.8 cm³/mol. The highest BCUT2D eigenvalue weighted by Gasteiger charge is 2.29. The number of thioether (sulfide) groups is 1. The summed E-state index contributed by atoms with van der Waals surface area (Å²) in [6.07, 6.45) is 5.25. The van der Waals surface area contributed by atoms with Crippen molar-refractivity contribution in [2.75, 3.05) is 31.6 Å². The van der Waals surface area contributed by atoms with Gasteiger partial charge in [0.2, 0.25) is 11.8 Å². The number of carbonyl (C=O) groups excluding carboxylic acids is 2. The maximum atomic E-state index is 12.3. The molecule has 0 N–H and O–H groups in total. The first kappa shape index (κ1) is 18.8. The summed E-state index contributed by atoms with van der Waals surface area (Å²) >= 11 is 1.64. The fourth-order valence-corrected chi connectivity index (χ4v) is 3.58. The van der Waals surface area contributed by atoms with E-state index in [0.29, 0.717) is 18.8 Å². The van der Waals surface area contributed by atoms with Gasteiger partial charge in [-0.2, -0.15) is 16.9 Å². The normalized spacial score (nSPS) is 15.8. The van der Waals surface area contributed by atoms with Crippen LogP contribution in [0.15, 0.2) is 18.5 Å². The van der Waals surface area contributed by atoms with Gasteiger partial charge in [0, 0.05) is 56.8 Å². The van der Waals surface area contributed by atoms with Crippen LogP contribution in [-0.4, -0.2) is 69.1 Å². The van der Waals surface area contributed by atoms with E-state index in [2.05, 4.69) is 5.10 Å². The summed E-state index contributed by atoms with van der Waals surface area (Å²) in [5.74, 6) is 1.84. The van der Waals surface area contributed by atoms with Gasteiger partial charge in [0.15, 0.2) is 0 Å². The van der Waals surface area contributed by atoms with E-state index < -0.39 is 0 Å². The van der Waals surface area contributed by atoms with Crippen LogP contribution in [0, 0.1) is 5.92 Å². The van der Waals surface area contributed by atoms with Gasteiger partial charge >= 0.3 is 0 Å². The van der Waals surface area contributed by atoms with Crippen LogP contribution in [0.5, 0.6) is 0 Å². The van der Waals surface area contributed by atoms with Gasteiger partial charge in [-0.3, -0.25) is 14.3 Å². The lowest BCUT2D eigenvalue weighted by atomic mass is 9.95. The zero-order valence-corrected chi connectivity index (χ0v) is 15.7. The quantitative estimate of drug-likeness (QED) is 0.701. The van der Waals surface area contributed by atoms with E-state index in [-0.39, 0.29) is 23.8 Å². The van der Waals surface area contributed by atoms with Gasteiger partial charge in [0.25, 0.3) is 0 Å². The molecule has 1 aliphatic heterocycles. The predicted octanol–water partition coefficient (Wildman–Crippen LogP) is 1.72. The highest BCUT2D eigenvalue weighted by atomic mass is 32.2. The molecule has 1 aromatic heterocycles. The van der Waals surface area contributed by atoms with Gasteiger partial charge in [-0.05, 0) is 32.8 Å². The number of hydrogen-bond acceptors (Lipinski definition) is 4. The maximum Gasteiger partial charge on any atom is 0.232 e. The van der Waals surface area contributed by atoms with Gasteiger partial charge in [-0.25, -0.2) is 0 Å². The Morgan fingerprint density at radius 2 is 2.04 bits per heavy atom. The summed E-state index contributed by atoms with van der Waals surface area (Å²) in [6.45, 7) is 6.26. The van der Waals surface area contributed by atoms with Gasteiger partial charge in [0.05, 0.1) is 5.75 Å². The molecule has 1 saturated heterocycles. The molecule has 0 unspecified atom stereocenters. The average molecular weight is 353 g/mol. The lowest BCUT2D eigenvalue weighted by molar-refractivity contribution is -0.140. The SMILES string of the molecule is CC(C)N(C)C(=O)C1CCN(C(=O)CSCCn2cccn2)CC1. The standard InChI is InChI=1S/C17H28N4O2S/c1-14(2)19(3)17(23)15-5-9-20(10-6-15)16(22)13-24-12-11-21-8-4-7-18-21/h4,7-8,14-15H,5-6,9-13H2,1-3H3. The average Bonchev–Trinajstić information content (AvgIpc) is 3.10. The fraction of sp³-hybridized carbons (Fsp3) is 0.706. The van der Waals surface area contributed by atoms with Crippen LogP contribution in [0.25, 0.3) is 0 Å². The van der Waals surface area contributed by atoms with Gasteiger partial charge in [0.1, 0.15) is 0 Å². The Hall–Kier alpha value is -1.50. The van der Waals surface area contributed by atoms with Crippen molar-refractivity contribution in [1.82, 2.24) is 19.6 Å². The summed E-state index contributed by atoms with van der Waals surface area (Å²) in [5.41, 5.74) is 0. The summed E-state index contributed by atoms with van der Waals surface area (Å²) < 4.78 is 1.87.